The molecule has 3 amide bonds. The Morgan fingerprint density at radius 2 is 1.73 bits per heavy atom. The van der Waals surface area contributed by atoms with Crippen LogP contribution in [0.25, 0.3) is 0 Å². The molecule has 30 heavy (non-hydrogen) atoms. The van der Waals surface area contributed by atoms with Gasteiger partial charge in [0.1, 0.15) is 5.82 Å². The van der Waals surface area contributed by atoms with Gasteiger partial charge in [0.25, 0.3) is 5.91 Å². The average molecular weight is 411 g/mol. The first-order chi connectivity index (χ1) is 14.5. The summed E-state index contributed by atoms with van der Waals surface area (Å²) >= 11 is 0. The van der Waals surface area contributed by atoms with Gasteiger partial charge in [-0.1, -0.05) is 12.1 Å². The second kappa shape index (κ2) is 8.62. The first-order valence-corrected chi connectivity index (χ1v) is 9.86. The molecule has 1 N–H and O–H groups in total. The van der Waals surface area contributed by atoms with E-state index in [1.807, 2.05) is 0 Å². The monoisotopic (exact) mass is 411 g/mol. The molecule has 1 atom stereocenters. The van der Waals surface area contributed by atoms with E-state index in [0.717, 1.165) is 0 Å². The van der Waals surface area contributed by atoms with Crippen molar-refractivity contribution < 1.29 is 23.5 Å². The van der Waals surface area contributed by atoms with Gasteiger partial charge in [-0.3, -0.25) is 14.4 Å². The molecule has 4 rings (SSSR count). The van der Waals surface area contributed by atoms with E-state index >= 15 is 0 Å². The van der Waals surface area contributed by atoms with Gasteiger partial charge in [0.2, 0.25) is 11.8 Å². The quantitative estimate of drug-likeness (QED) is 0.837. The van der Waals surface area contributed by atoms with Crippen molar-refractivity contribution in [2.75, 3.05) is 43.1 Å². The van der Waals surface area contributed by atoms with E-state index in [2.05, 4.69) is 5.32 Å². The summed E-state index contributed by atoms with van der Waals surface area (Å²) < 4.78 is 18.4. The Balaban J connectivity index is 1.46. The van der Waals surface area contributed by atoms with Crippen molar-refractivity contribution >= 4 is 29.1 Å². The fourth-order valence-electron chi connectivity index (χ4n) is 3.70. The molecular weight excluding hydrogens is 389 g/mol. The van der Waals surface area contributed by atoms with Crippen LogP contribution >= 0.6 is 0 Å². The molecule has 0 spiro atoms. The first kappa shape index (κ1) is 20.0. The lowest BCUT2D eigenvalue weighted by molar-refractivity contribution is -0.122. The maximum atomic E-state index is 13.2. The van der Waals surface area contributed by atoms with E-state index in [1.54, 1.807) is 29.2 Å². The van der Waals surface area contributed by atoms with E-state index < -0.39 is 5.92 Å². The lowest BCUT2D eigenvalue weighted by atomic mass is 10.1. The third-order valence-corrected chi connectivity index (χ3v) is 5.35. The molecule has 2 saturated heterocycles. The van der Waals surface area contributed by atoms with E-state index in [1.165, 1.54) is 29.2 Å². The molecule has 0 aliphatic carbocycles. The number of amides is 3. The third-order valence-electron chi connectivity index (χ3n) is 5.35. The Labute approximate surface area is 173 Å². The SMILES string of the molecule is O=C(Nc1ccccc1C(=O)N1CCOCC1)[C@H]1CC(=O)N(c2ccc(F)cc2)C1. The van der Waals surface area contributed by atoms with Crippen LogP contribution in [0.5, 0.6) is 0 Å². The fraction of sp³-hybridized carbons (Fsp3) is 0.318. The molecule has 0 saturated carbocycles. The number of rotatable bonds is 4. The normalized spacial score (nSPS) is 19.1. The van der Waals surface area contributed by atoms with Crippen molar-refractivity contribution in [1.29, 1.82) is 0 Å². The number of ether oxygens (including phenoxy) is 1. The van der Waals surface area contributed by atoms with Gasteiger partial charge in [-0.25, -0.2) is 4.39 Å². The molecule has 7 nitrogen and oxygen atoms in total. The molecule has 2 aromatic rings. The number of para-hydroxylation sites is 1. The topological polar surface area (TPSA) is 79.0 Å². The molecule has 2 fully saturated rings. The number of anilines is 2. The second-order valence-electron chi connectivity index (χ2n) is 7.32. The van der Waals surface area contributed by atoms with Gasteiger partial charge in [0.05, 0.1) is 30.4 Å². The lowest BCUT2D eigenvalue weighted by Gasteiger charge is -2.27. The van der Waals surface area contributed by atoms with Crippen LogP contribution in [0, 0.1) is 11.7 Å². The number of hydrogen-bond acceptors (Lipinski definition) is 4. The van der Waals surface area contributed by atoms with E-state index in [0.29, 0.717) is 43.2 Å². The van der Waals surface area contributed by atoms with Gasteiger partial charge < -0.3 is 19.9 Å². The van der Waals surface area contributed by atoms with Crippen molar-refractivity contribution in [2.45, 2.75) is 6.42 Å². The minimum Gasteiger partial charge on any atom is -0.378 e. The summed E-state index contributed by atoms with van der Waals surface area (Å²) in [5, 5.41) is 2.82. The largest absolute Gasteiger partial charge is 0.378 e. The van der Waals surface area contributed by atoms with Gasteiger partial charge in [-0.2, -0.15) is 0 Å². The molecule has 156 valence electrons. The molecule has 0 aromatic heterocycles. The van der Waals surface area contributed by atoms with Crippen LogP contribution in [0.4, 0.5) is 15.8 Å². The van der Waals surface area contributed by atoms with Crippen molar-refractivity contribution in [1.82, 2.24) is 4.90 Å². The first-order valence-electron chi connectivity index (χ1n) is 9.86. The van der Waals surface area contributed by atoms with Crippen LogP contribution in [-0.4, -0.2) is 55.5 Å². The maximum absolute atomic E-state index is 13.2. The molecule has 2 aliphatic heterocycles. The standard InChI is InChI=1S/C22H22FN3O4/c23-16-5-7-17(8-6-16)26-14-15(13-20(26)27)21(28)24-19-4-2-1-3-18(19)22(29)25-9-11-30-12-10-25/h1-8,15H,9-14H2,(H,24,28)/t15-/m0/s1. The zero-order valence-corrected chi connectivity index (χ0v) is 16.3. The molecule has 0 bridgehead atoms. The van der Waals surface area contributed by atoms with Gasteiger partial charge in [0.15, 0.2) is 0 Å². The van der Waals surface area contributed by atoms with E-state index in [-0.39, 0.29) is 36.5 Å². The number of carbonyl (C=O) groups is 3. The third kappa shape index (κ3) is 4.18. The molecule has 8 heteroatoms. The number of morpholine rings is 1. The predicted molar refractivity (Wildman–Crippen MR) is 109 cm³/mol. The summed E-state index contributed by atoms with van der Waals surface area (Å²) in [4.78, 5) is 41.3. The molecule has 2 heterocycles. The highest BCUT2D eigenvalue weighted by Crippen LogP contribution is 2.27. The Kier molecular flexibility index (Phi) is 5.76. The molecule has 2 aromatic carbocycles. The number of hydrogen-bond donors (Lipinski definition) is 1. The highest BCUT2D eigenvalue weighted by atomic mass is 19.1. The van der Waals surface area contributed by atoms with Crippen LogP contribution in [0.2, 0.25) is 0 Å². The van der Waals surface area contributed by atoms with Gasteiger partial charge >= 0.3 is 0 Å². The van der Waals surface area contributed by atoms with Crippen molar-refractivity contribution in [2.24, 2.45) is 5.92 Å². The summed E-state index contributed by atoms with van der Waals surface area (Å²) in [7, 11) is 0. The van der Waals surface area contributed by atoms with Crippen LogP contribution in [0.1, 0.15) is 16.8 Å². The van der Waals surface area contributed by atoms with Gasteiger partial charge in [-0.15, -0.1) is 0 Å². The summed E-state index contributed by atoms with van der Waals surface area (Å²) in [5.74, 6) is -1.63. The van der Waals surface area contributed by atoms with Crippen LogP contribution in [0.15, 0.2) is 48.5 Å². The fourth-order valence-corrected chi connectivity index (χ4v) is 3.70. The van der Waals surface area contributed by atoms with Gasteiger partial charge in [-0.05, 0) is 36.4 Å². The number of nitrogens with zero attached hydrogens (tertiary/aromatic N) is 2. The molecule has 2 aliphatic rings. The van der Waals surface area contributed by atoms with E-state index in [9.17, 15) is 18.8 Å². The van der Waals surface area contributed by atoms with Crippen molar-refractivity contribution in [3.8, 4) is 0 Å². The maximum Gasteiger partial charge on any atom is 0.256 e. The Morgan fingerprint density at radius 1 is 1.03 bits per heavy atom. The summed E-state index contributed by atoms with van der Waals surface area (Å²) in [6.07, 6.45) is 0.0583. The Morgan fingerprint density at radius 3 is 2.47 bits per heavy atom. The Hall–Kier alpha value is -3.26. The minimum atomic E-state index is -0.561. The molecule has 0 unspecified atom stereocenters. The zero-order valence-electron chi connectivity index (χ0n) is 16.3. The van der Waals surface area contributed by atoms with Crippen LogP contribution < -0.4 is 10.2 Å². The van der Waals surface area contributed by atoms with Crippen LogP contribution in [-0.2, 0) is 14.3 Å². The second-order valence-corrected chi connectivity index (χ2v) is 7.32. The summed E-state index contributed by atoms with van der Waals surface area (Å²) in [6, 6.07) is 12.5. The molecule has 0 radical (unpaired) electrons. The van der Waals surface area contributed by atoms with Crippen molar-refractivity contribution in [3.63, 3.8) is 0 Å². The number of benzene rings is 2. The summed E-state index contributed by atoms with van der Waals surface area (Å²) in [5.41, 5.74) is 1.39. The summed E-state index contributed by atoms with van der Waals surface area (Å²) in [6.45, 7) is 2.19. The average Bonchev–Trinajstić information content (AvgIpc) is 3.16. The minimum absolute atomic E-state index is 0.0583. The zero-order chi connectivity index (χ0) is 21.1. The molecular formula is C22H22FN3O4. The van der Waals surface area contributed by atoms with Crippen molar-refractivity contribution in [3.05, 3.63) is 59.9 Å². The highest BCUT2D eigenvalue weighted by Gasteiger charge is 2.35. The highest BCUT2D eigenvalue weighted by molar-refractivity contribution is 6.07. The van der Waals surface area contributed by atoms with E-state index in [4.69, 9.17) is 4.74 Å². The number of carbonyl (C=O) groups excluding carboxylic acids is 3. The predicted octanol–water partition coefficient (Wildman–Crippen LogP) is 2.29. The number of halogens is 1. The Bertz CT molecular complexity index is 957. The van der Waals surface area contributed by atoms with Crippen LogP contribution in [0.3, 0.4) is 0 Å². The lowest BCUT2D eigenvalue weighted by Crippen LogP contribution is -2.41. The van der Waals surface area contributed by atoms with Gasteiger partial charge in [0, 0.05) is 31.7 Å². The smallest absolute Gasteiger partial charge is 0.256 e. The number of nitrogens with one attached hydrogen (secondary N) is 1.